The maximum absolute atomic E-state index is 11.0. The molecule has 0 radical (unpaired) electrons. The topological polar surface area (TPSA) is 93.7 Å². The zero-order valence-electron chi connectivity index (χ0n) is 15.7. The van der Waals surface area contributed by atoms with Crippen LogP contribution >= 0.6 is 12.2 Å². The van der Waals surface area contributed by atoms with Crippen LogP contribution in [-0.4, -0.2) is 34.1 Å². The zero-order valence-corrected chi connectivity index (χ0v) is 16.6. The molecule has 8 nitrogen and oxygen atoms in total. The largest absolute Gasteiger partial charge is 0.496 e. The molecule has 0 aliphatic carbocycles. The van der Waals surface area contributed by atoms with Crippen molar-refractivity contribution in [2.75, 3.05) is 14.2 Å². The lowest BCUT2D eigenvalue weighted by molar-refractivity contribution is -0.384. The van der Waals surface area contributed by atoms with Crippen molar-refractivity contribution in [3.8, 4) is 17.1 Å². The average Bonchev–Trinajstić information content (AvgIpc) is 3.33. The highest BCUT2D eigenvalue weighted by Gasteiger charge is 2.39. The minimum Gasteiger partial charge on any atom is -0.496 e. The molecule has 1 N–H and O–H groups in total. The van der Waals surface area contributed by atoms with Gasteiger partial charge in [-0.15, -0.1) is 0 Å². The fourth-order valence-electron chi connectivity index (χ4n) is 3.47. The molecule has 0 bridgehead atoms. The van der Waals surface area contributed by atoms with Crippen molar-refractivity contribution in [1.82, 2.24) is 15.2 Å². The number of aromatic nitrogens is 1. The lowest BCUT2D eigenvalue weighted by Crippen LogP contribution is -2.24. The Hall–Kier alpha value is -3.46. The summed E-state index contributed by atoms with van der Waals surface area (Å²) in [6.45, 7) is 0. The van der Waals surface area contributed by atoms with Gasteiger partial charge in [0.05, 0.1) is 35.4 Å². The molecule has 9 heteroatoms. The summed E-state index contributed by atoms with van der Waals surface area (Å²) in [6.07, 6.45) is 1.74. The highest BCUT2D eigenvalue weighted by Crippen LogP contribution is 2.41. The van der Waals surface area contributed by atoms with Crippen LogP contribution in [0.1, 0.15) is 23.5 Å². The SMILES string of the molecule is COc1cc([N+](=O)[O-])ccc1-c1ccc([C@H]2[C@@H](c3ccccn3)NC(=S)N2C)o1. The molecule has 29 heavy (non-hydrogen) atoms. The summed E-state index contributed by atoms with van der Waals surface area (Å²) in [5.74, 6) is 1.62. The van der Waals surface area contributed by atoms with Crippen molar-refractivity contribution >= 4 is 23.0 Å². The molecule has 2 aromatic heterocycles. The van der Waals surface area contributed by atoms with Crippen molar-refractivity contribution in [3.05, 3.63) is 76.3 Å². The number of hydrogen-bond donors (Lipinski definition) is 1. The molecule has 3 aromatic rings. The number of methoxy groups -OCH3 is 1. The number of benzene rings is 1. The molecule has 3 heterocycles. The third-order valence-electron chi connectivity index (χ3n) is 4.92. The monoisotopic (exact) mass is 410 g/mol. The third-order valence-corrected chi connectivity index (χ3v) is 5.32. The Balaban J connectivity index is 1.71. The minimum atomic E-state index is -0.461. The number of likely N-dealkylation sites (N-methyl/N-ethyl adjacent to an activating group) is 1. The summed E-state index contributed by atoms with van der Waals surface area (Å²) >= 11 is 5.44. The van der Waals surface area contributed by atoms with Crippen LogP contribution in [0.25, 0.3) is 11.3 Å². The number of ether oxygens (including phenoxy) is 1. The first kappa shape index (κ1) is 18.9. The van der Waals surface area contributed by atoms with Gasteiger partial charge in [-0.2, -0.15) is 0 Å². The first-order valence-electron chi connectivity index (χ1n) is 8.86. The number of non-ortho nitro benzene ring substituents is 1. The van der Waals surface area contributed by atoms with Gasteiger partial charge in [-0.3, -0.25) is 15.1 Å². The maximum Gasteiger partial charge on any atom is 0.273 e. The van der Waals surface area contributed by atoms with Crippen molar-refractivity contribution in [2.45, 2.75) is 12.1 Å². The Bertz CT molecular complexity index is 1070. The molecular weight excluding hydrogens is 392 g/mol. The molecule has 0 saturated carbocycles. The average molecular weight is 410 g/mol. The first-order valence-corrected chi connectivity index (χ1v) is 9.27. The van der Waals surface area contributed by atoms with Crippen molar-refractivity contribution in [1.29, 1.82) is 0 Å². The number of pyridine rings is 1. The van der Waals surface area contributed by atoms with Crippen LogP contribution in [0, 0.1) is 10.1 Å². The van der Waals surface area contributed by atoms with Gasteiger partial charge in [0.15, 0.2) is 5.11 Å². The molecule has 2 atom stereocenters. The van der Waals surface area contributed by atoms with Crippen LogP contribution < -0.4 is 10.1 Å². The van der Waals surface area contributed by atoms with E-state index in [0.717, 1.165) is 5.69 Å². The van der Waals surface area contributed by atoms with Gasteiger partial charge in [0, 0.05) is 19.3 Å². The predicted molar refractivity (Wildman–Crippen MR) is 111 cm³/mol. The molecule has 1 saturated heterocycles. The fourth-order valence-corrected chi connectivity index (χ4v) is 3.71. The highest BCUT2D eigenvalue weighted by molar-refractivity contribution is 7.80. The minimum absolute atomic E-state index is 0.0438. The number of furan rings is 1. The van der Waals surface area contributed by atoms with Gasteiger partial charge in [0.25, 0.3) is 5.69 Å². The van der Waals surface area contributed by atoms with Gasteiger partial charge in [0.1, 0.15) is 23.3 Å². The zero-order chi connectivity index (χ0) is 20.5. The molecular formula is C20H18N4O4S. The molecule has 4 rings (SSSR count). The van der Waals surface area contributed by atoms with E-state index in [2.05, 4.69) is 10.3 Å². The second-order valence-corrected chi connectivity index (χ2v) is 6.97. The number of rotatable bonds is 5. The highest BCUT2D eigenvalue weighted by atomic mass is 32.1. The molecule has 1 aliphatic rings. The quantitative estimate of drug-likeness (QED) is 0.385. The smallest absolute Gasteiger partial charge is 0.273 e. The second kappa shape index (κ2) is 7.51. The van der Waals surface area contributed by atoms with Crippen LogP contribution in [0.2, 0.25) is 0 Å². The molecule has 0 amide bonds. The summed E-state index contributed by atoms with van der Waals surface area (Å²) in [4.78, 5) is 17.0. The number of nitrogens with zero attached hydrogens (tertiary/aromatic N) is 3. The van der Waals surface area contributed by atoms with Crippen LogP contribution in [0.4, 0.5) is 5.69 Å². The number of nitro groups is 1. The summed E-state index contributed by atoms with van der Waals surface area (Å²) in [7, 11) is 3.37. The van der Waals surface area contributed by atoms with Crippen LogP contribution in [0.15, 0.2) is 59.1 Å². The Morgan fingerprint density at radius 3 is 2.79 bits per heavy atom. The normalized spacial score (nSPS) is 18.6. The molecule has 1 fully saturated rings. The fraction of sp³-hybridized carbons (Fsp3) is 0.200. The van der Waals surface area contributed by atoms with E-state index in [0.29, 0.717) is 27.9 Å². The summed E-state index contributed by atoms with van der Waals surface area (Å²) in [6, 6.07) is 13.5. The van der Waals surface area contributed by atoms with E-state index in [1.165, 1.54) is 19.2 Å². The molecule has 148 valence electrons. The first-order chi connectivity index (χ1) is 14.0. The Labute approximate surface area is 172 Å². The van der Waals surface area contributed by atoms with E-state index in [4.69, 9.17) is 21.4 Å². The number of nitrogens with one attached hydrogen (secondary N) is 1. The van der Waals surface area contributed by atoms with Gasteiger partial charge in [-0.1, -0.05) is 6.07 Å². The maximum atomic E-state index is 11.0. The molecule has 1 aliphatic heterocycles. The Kier molecular flexibility index (Phi) is 4.89. The molecule has 0 spiro atoms. The summed E-state index contributed by atoms with van der Waals surface area (Å²) < 4.78 is 11.5. The van der Waals surface area contributed by atoms with E-state index >= 15 is 0 Å². The van der Waals surface area contributed by atoms with Gasteiger partial charge < -0.3 is 19.4 Å². The van der Waals surface area contributed by atoms with Gasteiger partial charge >= 0.3 is 0 Å². The van der Waals surface area contributed by atoms with Crippen molar-refractivity contribution in [3.63, 3.8) is 0 Å². The van der Waals surface area contributed by atoms with Crippen LogP contribution in [0.3, 0.4) is 0 Å². The van der Waals surface area contributed by atoms with Crippen LogP contribution in [0.5, 0.6) is 5.75 Å². The standard InChI is InChI=1S/C20H18N4O4S/c1-23-19(18(22-20(23)29)14-5-3-4-10-21-14)16-9-8-15(28-16)13-7-6-12(24(25)26)11-17(13)27-2/h3-11,18-19H,1-2H3,(H,22,29)/t18-,19+/m1/s1. The predicted octanol–water partition coefficient (Wildman–Crippen LogP) is 3.86. The second-order valence-electron chi connectivity index (χ2n) is 6.58. The number of thiocarbonyl (C=S) groups is 1. The van der Waals surface area contributed by atoms with E-state index in [-0.39, 0.29) is 17.8 Å². The van der Waals surface area contributed by atoms with Gasteiger partial charge in [-0.25, -0.2) is 0 Å². The van der Waals surface area contributed by atoms with E-state index in [1.54, 1.807) is 12.3 Å². The third kappa shape index (κ3) is 3.40. The van der Waals surface area contributed by atoms with E-state index in [9.17, 15) is 10.1 Å². The molecule has 0 unspecified atom stereocenters. The van der Waals surface area contributed by atoms with E-state index in [1.807, 2.05) is 42.3 Å². The van der Waals surface area contributed by atoms with Gasteiger partial charge in [-0.05, 0) is 42.5 Å². The van der Waals surface area contributed by atoms with Crippen molar-refractivity contribution in [2.24, 2.45) is 0 Å². The Morgan fingerprint density at radius 2 is 2.10 bits per heavy atom. The molecule has 1 aromatic carbocycles. The lowest BCUT2D eigenvalue weighted by atomic mass is 10.0. The Morgan fingerprint density at radius 1 is 1.28 bits per heavy atom. The van der Waals surface area contributed by atoms with Crippen LogP contribution in [-0.2, 0) is 0 Å². The lowest BCUT2D eigenvalue weighted by Gasteiger charge is -2.21. The van der Waals surface area contributed by atoms with E-state index < -0.39 is 4.92 Å². The number of hydrogen-bond acceptors (Lipinski definition) is 6. The summed E-state index contributed by atoms with van der Waals surface area (Å²) in [5.41, 5.74) is 1.45. The van der Waals surface area contributed by atoms with Crippen molar-refractivity contribution < 1.29 is 14.1 Å². The number of nitro benzene ring substituents is 1. The van der Waals surface area contributed by atoms with Gasteiger partial charge in [0.2, 0.25) is 0 Å². The summed E-state index contributed by atoms with van der Waals surface area (Å²) in [5, 5.41) is 14.9.